The summed E-state index contributed by atoms with van der Waals surface area (Å²) >= 11 is 1.58. The highest BCUT2D eigenvalue weighted by Crippen LogP contribution is 2.06. The molecule has 0 heterocycles. The van der Waals surface area contributed by atoms with Crippen LogP contribution in [0.15, 0.2) is 24.3 Å². The van der Waals surface area contributed by atoms with Crippen molar-refractivity contribution >= 4 is 23.6 Å². The zero-order chi connectivity index (χ0) is 16.5. The Kier molecular flexibility index (Phi) is 7.94. The molecule has 0 radical (unpaired) electrons. The minimum Gasteiger partial charge on any atom is -0.382 e. The third kappa shape index (κ3) is 6.05. The average molecular weight is 325 g/mol. The molecule has 1 aromatic carbocycles. The number of carbonyl (C=O) groups excluding carboxylic acids is 2. The monoisotopic (exact) mass is 325 g/mol. The number of amides is 2. The molecule has 0 aromatic heterocycles. The summed E-state index contributed by atoms with van der Waals surface area (Å²) in [5, 5.41) is 9.80. The van der Waals surface area contributed by atoms with Crippen molar-refractivity contribution in [3.8, 4) is 0 Å². The highest BCUT2D eigenvalue weighted by atomic mass is 32.2. The van der Waals surface area contributed by atoms with Crippen molar-refractivity contribution in [3.63, 3.8) is 0 Å². The number of aryl methyl sites for hydroxylation is 1. The Labute approximate surface area is 134 Å². The van der Waals surface area contributed by atoms with Gasteiger partial charge in [0.2, 0.25) is 0 Å². The molecule has 0 aliphatic heterocycles. The summed E-state index contributed by atoms with van der Waals surface area (Å²) in [6.07, 6.45) is -0.352. The molecule has 0 bridgehead atoms. The first-order chi connectivity index (χ1) is 10.5. The largest absolute Gasteiger partial charge is 0.382 e. The zero-order valence-electron chi connectivity index (χ0n) is 12.8. The Balaban J connectivity index is 2.41. The van der Waals surface area contributed by atoms with Crippen LogP contribution in [0.4, 0.5) is 0 Å². The lowest BCUT2D eigenvalue weighted by Gasteiger charge is -2.18. The van der Waals surface area contributed by atoms with Crippen LogP contribution < -0.4 is 16.6 Å². The average Bonchev–Trinajstić information content (AvgIpc) is 2.52. The minimum absolute atomic E-state index is 0.420. The number of aliphatic hydroxyl groups is 1. The van der Waals surface area contributed by atoms with E-state index >= 15 is 0 Å². The molecule has 0 fully saturated rings. The Morgan fingerprint density at radius 3 is 2.50 bits per heavy atom. The number of rotatable bonds is 7. The van der Waals surface area contributed by atoms with E-state index in [4.69, 9.17) is 5.73 Å². The maximum Gasteiger partial charge on any atom is 0.269 e. The predicted molar refractivity (Wildman–Crippen MR) is 88.4 cm³/mol. The first kappa shape index (κ1) is 18.5. The summed E-state index contributed by atoms with van der Waals surface area (Å²) in [7, 11) is 0. The summed E-state index contributed by atoms with van der Waals surface area (Å²) in [6, 6.07) is 6.23. The summed E-state index contributed by atoms with van der Waals surface area (Å²) in [4.78, 5) is 23.6. The highest BCUT2D eigenvalue weighted by Gasteiger charge is 2.23. The number of hydrazine groups is 1. The second-order valence-electron chi connectivity index (χ2n) is 4.99. The molecular weight excluding hydrogens is 302 g/mol. The number of benzene rings is 1. The summed E-state index contributed by atoms with van der Waals surface area (Å²) < 4.78 is 0. The SMILES string of the molecule is CCCSCC(N)C(O)C(=O)NNC(=O)c1ccc(C)cc1. The van der Waals surface area contributed by atoms with Crippen LogP contribution >= 0.6 is 11.8 Å². The molecule has 0 saturated carbocycles. The van der Waals surface area contributed by atoms with Crippen molar-refractivity contribution in [3.05, 3.63) is 35.4 Å². The van der Waals surface area contributed by atoms with Gasteiger partial charge in [0.05, 0.1) is 0 Å². The molecule has 2 amide bonds. The van der Waals surface area contributed by atoms with Crippen molar-refractivity contribution in [1.82, 2.24) is 10.9 Å². The van der Waals surface area contributed by atoms with Gasteiger partial charge in [0.1, 0.15) is 6.10 Å². The van der Waals surface area contributed by atoms with Gasteiger partial charge in [0.15, 0.2) is 0 Å². The van der Waals surface area contributed by atoms with Crippen molar-refractivity contribution in [1.29, 1.82) is 0 Å². The molecule has 0 spiro atoms. The van der Waals surface area contributed by atoms with E-state index in [2.05, 4.69) is 10.9 Å². The van der Waals surface area contributed by atoms with E-state index in [-0.39, 0.29) is 0 Å². The van der Waals surface area contributed by atoms with Crippen LogP contribution in [0.5, 0.6) is 0 Å². The lowest BCUT2D eigenvalue weighted by molar-refractivity contribution is -0.130. The van der Waals surface area contributed by atoms with E-state index in [1.165, 1.54) is 0 Å². The molecule has 1 rings (SSSR count). The van der Waals surface area contributed by atoms with Crippen LogP contribution in [0, 0.1) is 6.92 Å². The standard InChI is InChI=1S/C15H23N3O3S/c1-3-8-22-9-12(16)13(19)15(21)18-17-14(20)11-6-4-10(2)5-7-11/h4-7,12-13,19H,3,8-9,16H2,1-2H3,(H,17,20)(H,18,21). The molecule has 0 aliphatic carbocycles. The maximum absolute atomic E-state index is 11.8. The van der Waals surface area contributed by atoms with E-state index in [0.29, 0.717) is 11.3 Å². The number of aliphatic hydroxyl groups excluding tert-OH is 1. The van der Waals surface area contributed by atoms with Gasteiger partial charge >= 0.3 is 0 Å². The minimum atomic E-state index is -1.36. The fourth-order valence-corrected chi connectivity index (χ4v) is 2.53. The van der Waals surface area contributed by atoms with Gasteiger partial charge in [-0.1, -0.05) is 24.6 Å². The Hall–Kier alpha value is -1.57. The van der Waals surface area contributed by atoms with Crippen LogP contribution in [-0.2, 0) is 4.79 Å². The van der Waals surface area contributed by atoms with Gasteiger partial charge in [-0.25, -0.2) is 0 Å². The van der Waals surface area contributed by atoms with Gasteiger partial charge in [0.25, 0.3) is 11.8 Å². The van der Waals surface area contributed by atoms with Gasteiger partial charge in [-0.2, -0.15) is 11.8 Å². The van der Waals surface area contributed by atoms with E-state index in [1.807, 2.05) is 13.8 Å². The highest BCUT2D eigenvalue weighted by molar-refractivity contribution is 7.99. The second-order valence-corrected chi connectivity index (χ2v) is 6.14. The molecular formula is C15H23N3O3S. The summed E-state index contributed by atoms with van der Waals surface area (Å²) in [6.45, 7) is 3.96. The predicted octanol–water partition coefficient (Wildman–Crippen LogP) is 0.587. The normalized spacial score (nSPS) is 13.3. The molecule has 7 heteroatoms. The number of carbonyl (C=O) groups is 2. The first-order valence-corrected chi connectivity index (χ1v) is 8.29. The van der Waals surface area contributed by atoms with Gasteiger partial charge in [-0.15, -0.1) is 0 Å². The number of hydrogen-bond donors (Lipinski definition) is 4. The topological polar surface area (TPSA) is 104 Å². The smallest absolute Gasteiger partial charge is 0.269 e. The molecule has 0 saturated heterocycles. The van der Waals surface area contributed by atoms with Crippen LogP contribution in [-0.4, -0.2) is 40.6 Å². The maximum atomic E-state index is 11.8. The van der Waals surface area contributed by atoms with Crippen LogP contribution in [0.3, 0.4) is 0 Å². The molecule has 2 atom stereocenters. The molecule has 2 unspecified atom stereocenters. The van der Waals surface area contributed by atoms with E-state index < -0.39 is 24.0 Å². The number of nitrogens with one attached hydrogen (secondary N) is 2. The fourth-order valence-electron chi connectivity index (χ4n) is 1.62. The van der Waals surface area contributed by atoms with E-state index in [0.717, 1.165) is 17.7 Å². The van der Waals surface area contributed by atoms with Gasteiger partial charge in [0, 0.05) is 17.4 Å². The van der Waals surface area contributed by atoms with Crippen molar-refractivity contribution in [2.75, 3.05) is 11.5 Å². The lowest BCUT2D eigenvalue weighted by atomic mass is 10.1. The van der Waals surface area contributed by atoms with E-state index in [1.54, 1.807) is 36.0 Å². The fraction of sp³-hybridized carbons (Fsp3) is 0.467. The van der Waals surface area contributed by atoms with Gasteiger partial charge in [-0.3, -0.25) is 20.4 Å². The Morgan fingerprint density at radius 2 is 1.91 bits per heavy atom. The molecule has 22 heavy (non-hydrogen) atoms. The Bertz CT molecular complexity index is 493. The number of hydrogen-bond acceptors (Lipinski definition) is 5. The molecule has 122 valence electrons. The lowest BCUT2D eigenvalue weighted by Crippen LogP contribution is -2.52. The Morgan fingerprint density at radius 1 is 1.27 bits per heavy atom. The number of nitrogens with two attached hydrogens (primary N) is 1. The van der Waals surface area contributed by atoms with Crippen molar-refractivity contribution in [2.45, 2.75) is 32.4 Å². The van der Waals surface area contributed by atoms with Crippen LogP contribution in [0.2, 0.25) is 0 Å². The summed E-state index contributed by atoms with van der Waals surface area (Å²) in [5.74, 6) is 0.236. The summed E-state index contributed by atoms with van der Waals surface area (Å²) in [5.41, 5.74) is 11.7. The second kappa shape index (κ2) is 9.45. The third-order valence-electron chi connectivity index (χ3n) is 2.95. The molecule has 0 aliphatic rings. The number of thioether (sulfide) groups is 1. The van der Waals surface area contributed by atoms with E-state index in [9.17, 15) is 14.7 Å². The van der Waals surface area contributed by atoms with Gasteiger partial charge < -0.3 is 10.8 Å². The zero-order valence-corrected chi connectivity index (χ0v) is 13.7. The van der Waals surface area contributed by atoms with Crippen LogP contribution in [0.1, 0.15) is 29.3 Å². The van der Waals surface area contributed by atoms with Crippen molar-refractivity contribution in [2.24, 2.45) is 5.73 Å². The van der Waals surface area contributed by atoms with Crippen molar-refractivity contribution < 1.29 is 14.7 Å². The third-order valence-corrected chi connectivity index (χ3v) is 4.26. The molecule has 5 N–H and O–H groups in total. The first-order valence-electron chi connectivity index (χ1n) is 7.14. The van der Waals surface area contributed by atoms with Crippen LogP contribution in [0.25, 0.3) is 0 Å². The molecule has 6 nitrogen and oxygen atoms in total. The van der Waals surface area contributed by atoms with Gasteiger partial charge in [-0.05, 0) is 31.2 Å². The quantitative estimate of drug-likeness (QED) is 0.434. The molecule has 1 aromatic rings.